The molecule has 9 heteroatoms. The fourth-order valence-corrected chi connectivity index (χ4v) is 2.66. The second kappa shape index (κ2) is 7.73. The van der Waals surface area contributed by atoms with Gasteiger partial charge in [-0.2, -0.15) is 13.2 Å². The quantitative estimate of drug-likeness (QED) is 0.771. The van der Waals surface area contributed by atoms with Crippen LogP contribution in [0.25, 0.3) is 0 Å². The molecule has 2 rings (SSSR count). The number of hydrogen-bond acceptors (Lipinski definition) is 3. The maximum Gasteiger partial charge on any atom is 0.405 e. The Hall–Kier alpha value is -2.29. The number of nitrogens with zero attached hydrogens (tertiary/aromatic N) is 1. The molecule has 1 heterocycles. The van der Waals surface area contributed by atoms with Crippen molar-refractivity contribution in [2.75, 3.05) is 25.0 Å². The molecule has 138 valence electrons. The molecular formula is C16H20F3N3O3. The number of carbonyl (C=O) groups excluding carboxylic acids is 2. The Bertz CT molecular complexity index is 649. The number of amides is 3. The fourth-order valence-electron chi connectivity index (χ4n) is 2.66. The molecule has 0 radical (unpaired) electrons. The molecule has 1 atom stereocenters. The van der Waals surface area contributed by atoms with Gasteiger partial charge in [-0.3, -0.25) is 4.79 Å². The van der Waals surface area contributed by atoms with Crippen LogP contribution in [0.5, 0.6) is 0 Å². The molecule has 0 aromatic heterocycles. The van der Waals surface area contributed by atoms with Gasteiger partial charge in [-0.25, -0.2) is 4.79 Å². The van der Waals surface area contributed by atoms with Crippen LogP contribution in [-0.4, -0.2) is 53.9 Å². The lowest BCUT2D eigenvalue weighted by Gasteiger charge is -2.24. The first-order valence-corrected chi connectivity index (χ1v) is 7.85. The minimum Gasteiger partial charge on any atom is -0.394 e. The highest BCUT2D eigenvalue weighted by atomic mass is 19.4. The number of halogens is 3. The number of carbonyl (C=O) groups is 2. The Kier molecular flexibility index (Phi) is 5.89. The van der Waals surface area contributed by atoms with Gasteiger partial charge in [-0.05, 0) is 37.5 Å². The van der Waals surface area contributed by atoms with Gasteiger partial charge in [-0.1, -0.05) is 6.07 Å². The van der Waals surface area contributed by atoms with Crippen LogP contribution in [-0.2, 0) is 0 Å². The Morgan fingerprint density at radius 3 is 2.72 bits per heavy atom. The maximum absolute atomic E-state index is 12.3. The second-order valence-electron chi connectivity index (χ2n) is 5.93. The fraction of sp³-hybridized carbons (Fsp3) is 0.500. The van der Waals surface area contributed by atoms with Crippen molar-refractivity contribution in [2.45, 2.75) is 32.0 Å². The summed E-state index contributed by atoms with van der Waals surface area (Å²) in [6, 6.07) is 3.61. The molecule has 1 saturated heterocycles. The highest BCUT2D eigenvalue weighted by Crippen LogP contribution is 2.21. The average Bonchev–Trinajstić information content (AvgIpc) is 3.02. The molecule has 0 unspecified atom stereocenters. The first kappa shape index (κ1) is 19.0. The molecule has 6 nitrogen and oxygen atoms in total. The van der Waals surface area contributed by atoms with Gasteiger partial charge in [0.2, 0.25) is 0 Å². The molecule has 0 aliphatic carbocycles. The van der Waals surface area contributed by atoms with Crippen LogP contribution in [0.15, 0.2) is 18.2 Å². The maximum atomic E-state index is 12.3. The molecule has 3 amide bonds. The number of anilines is 1. The third-order valence-electron chi connectivity index (χ3n) is 4.04. The lowest BCUT2D eigenvalue weighted by atomic mass is 10.1. The largest absolute Gasteiger partial charge is 0.405 e. The van der Waals surface area contributed by atoms with Crippen LogP contribution >= 0.6 is 0 Å². The number of aryl methyl sites for hydroxylation is 1. The van der Waals surface area contributed by atoms with E-state index in [9.17, 15) is 27.9 Å². The summed E-state index contributed by atoms with van der Waals surface area (Å²) in [6.45, 7) is 0.669. The van der Waals surface area contributed by atoms with E-state index in [1.165, 1.54) is 17.0 Å². The number of aliphatic hydroxyl groups is 1. The summed E-state index contributed by atoms with van der Waals surface area (Å²) in [5.74, 6) is -0.873. The van der Waals surface area contributed by atoms with E-state index < -0.39 is 24.7 Å². The van der Waals surface area contributed by atoms with E-state index in [1.54, 1.807) is 18.3 Å². The van der Waals surface area contributed by atoms with Crippen LogP contribution in [0.3, 0.4) is 0 Å². The number of nitrogens with one attached hydrogen (secondary N) is 2. The number of aliphatic hydroxyl groups excluding tert-OH is 1. The molecule has 0 bridgehead atoms. The highest BCUT2D eigenvalue weighted by molar-refractivity contribution is 5.97. The van der Waals surface area contributed by atoms with Crippen LogP contribution in [0.4, 0.5) is 23.7 Å². The molecule has 1 aromatic carbocycles. The SMILES string of the molecule is Cc1ccc(C(=O)NCC(F)(F)F)cc1NC(=O)N1CCC[C@@H]1CO. The topological polar surface area (TPSA) is 81.7 Å². The zero-order valence-corrected chi connectivity index (χ0v) is 13.7. The lowest BCUT2D eigenvalue weighted by Crippen LogP contribution is -2.40. The van der Waals surface area contributed by atoms with E-state index in [0.717, 1.165) is 6.42 Å². The van der Waals surface area contributed by atoms with Gasteiger partial charge >= 0.3 is 12.2 Å². The van der Waals surface area contributed by atoms with Gasteiger partial charge in [0, 0.05) is 17.8 Å². The number of benzene rings is 1. The summed E-state index contributed by atoms with van der Waals surface area (Å²) >= 11 is 0. The van der Waals surface area contributed by atoms with Crippen molar-refractivity contribution >= 4 is 17.6 Å². The minimum atomic E-state index is -4.49. The molecule has 1 aliphatic heterocycles. The Balaban J connectivity index is 2.08. The second-order valence-corrected chi connectivity index (χ2v) is 5.93. The van der Waals surface area contributed by atoms with E-state index in [-0.39, 0.29) is 18.2 Å². The van der Waals surface area contributed by atoms with Crippen molar-refractivity contribution in [1.82, 2.24) is 10.2 Å². The third-order valence-corrected chi connectivity index (χ3v) is 4.04. The number of hydrogen-bond donors (Lipinski definition) is 3. The average molecular weight is 359 g/mol. The molecule has 25 heavy (non-hydrogen) atoms. The van der Waals surface area contributed by atoms with Gasteiger partial charge in [0.15, 0.2) is 0 Å². The normalized spacial score (nSPS) is 17.5. The Morgan fingerprint density at radius 1 is 1.36 bits per heavy atom. The molecule has 0 spiro atoms. The van der Waals surface area contributed by atoms with Gasteiger partial charge in [0.25, 0.3) is 5.91 Å². The van der Waals surface area contributed by atoms with Crippen LogP contribution < -0.4 is 10.6 Å². The first-order valence-electron chi connectivity index (χ1n) is 7.85. The molecule has 3 N–H and O–H groups in total. The molecule has 1 fully saturated rings. The van der Waals surface area contributed by atoms with E-state index in [4.69, 9.17) is 0 Å². The molecular weight excluding hydrogens is 339 g/mol. The smallest absolute Gasteiger partial charge is 0.394 e. The van der Waals surface area contributed by atoms with Gasteiger partial charge < -0.3 is 20.6 Å². The molecule has 1 aromatic rings. The highest BCUT2D eigenvalue weighted by Gasteiger charge is 2.29. The number of rotatable bonds is 4. The van der Waals surface area contributed by atoms with E-state index >= 15 is 0 Å². The molecule has 1 aliphatic rings. The van der Waals surface area contributed by atoms with Crippen molar-refractivity contribution in [3.63, 3.8) is 0 Å². The van der Waals surface area contributed by atoms with Gasteiger partial charge in [0.1, 0.15) is 6.54 Å². The van der Waals surface area contributed by atoms with E-state index in [1.807, 2.05) is 0 Å². The van der Waals surface area contributed by atoms with Gasteiger partial charge in [-0.15, -0.1) is 0 Å². The zero-order valence-electron chi connectivity index (χ0n) is 13.7. The Labute approximate surface area is 143 Å². The standard InChI is InChI=1S/C16H20F3N3O3/c1-10-4-5-11(14(24)20-9-16(17,18)19)7-13(10)21-15(25)22-6-2-3-12(22)8-23/h4-5,7,12,23H,2-3,6,8-9H2,1H3,(H,20,24)(H,21,25)/t12-/m1/s1. The summed E-state index contributed by atoms with van der Waals surface area (Å²) in [5, 5.41) is 13.7. The molecule has 0 saturated carbocycles. The summed E-state index contributed by atoms with van der Waals surface area (Å²) in [5.41, 5.74) is 1.03. The van der Waals surface area contributed by atoms with Crippen LogP contribution in [0.1, 0.15) is 28.8 Å². The van der Waals surface area contributed by atoms with Crippen molar-refractivity contribution in [1.29, 1.82) is 0 Å². The number of urea groups is 1. The Morgan fingerprint density at radius 2 is 2.08 bits per heavy atom. The van der Waals surface area contributed by atoms with Crippen LogP contribution in [0.2, 0.25) is 0 Å². The number of alkyl halides is 3. The lowest BCUT2D eigenvalue weighted by molar-refractivity contribution is -0.123. The summed E-state index contributed by atoms with van der Waals surface area (Å²) < 4.78 is 36.6. The van der Waals surface area contributed by atoms with E-state index in [2.05, 4.69) is 5.32 Å². The van der Waals surface area contributed by atoms with E-state index in [0.29, 0.717) is 24.2 Å². The van der Waals surface area contributed by atoms with Crippen LogP contribution in [0, 0.1) is 6.92 Å². The summed E-state index contributed by atoms with van der Waals surface area (Å²) in [7, 11) is 0. The zero-order chi connectivity index (χ0) is 18.6. The van der Waals surface area contributed by atoms with Crippen molar-refractivity contribution in [3.8, 4) is 0 Å². The first-order chi connectivity index (χ1) is 11.7. The van der Waals surface area contributed by atoms with Crippen molar-refractivity contribution in [2.24, 2.45) is 0 Å². The van der Waals surface area contributed by atoms with Gasteiger partial charge in [0.05, 0.1) is 12.6 Å². The third kappa shape index (κ3) is 5.09. The van der Waals surface area contributed by atoms with Crippen molar-refractivity contribution < 1.29 is 27.9 Å². The predicted molar refractivity (Wildman–Crippen MR) is 85.4 cm³/mol. The monoisotopic (exact) mass is 359 g/mol. The minimum absolute atomic E-state index is 0.0188. The summed E-state index contributed by atoms with van der Waals surface area (Å²) in [6.07, 6.45) is -2.99. The number of likely N-dealkylation sites (tertiary alicyclic amines) is 1. The predicted octanol–water partition coefficient (Wildman–Crippen LogP) is 2.28. The summed E-state index contributed by atoms with van der Waals surface area (Å²) in [4.78, 5) is 25.7. The van der Waals surface area contributed by atoms with Crippen molar-refractivity contribution in [3.05, 3.63) is 29.3 Å².